The Morgan fingerprint density at radius 1 is 1.09 bits per heavy atom. The third-order valence-corrected chi connectivity index (χ3v) is 4.42. The third-order valence-electron chi connectivity index (χ3n) is 4.42. The predicted molar refractivity (Wildman–Crippen MR) is 110 cm³/mol. The molecule has 0 radical (unpaired) electrons. The number of aromatic nitrogens is 1. The molecule has 0 aliphatic carbocycles. The third kappa shape index (κ3) is 5.64. The van der Waals surface area contributed by atoms with E-state index in [1.54, 1.807) is 18.2 Å². The molecule has 0 aliphatic rings. The molecule has 3 N–H and O–H groups in total. The first-order valence-corrected chi connectivity index (χ1v) is 9.29. The second-order valence-corrected chi connectivity index (χ2v) is 6.67. The van der Waals surface area contributed by atoms with Gasteiger partial charge in [-0.15, -0.1) is 10.1 Å². The highest BCUT2D eigenvalue weighted by molar-refractivity contribution is 6.02. The maximum absolute atomic E-state index is 13.0. The van der Waals surface area contributed by atoms with Crippen LogP contribution in [0.25, 0.3) is 10.9 Å². The van der Waals surface area contributed by atoms with Crippen molar-refractivity contribution in [1.82, 2.24) is 15.8 Å². The van der Waals surface area contributed by atoms with Crippen LogP contribution in [0, 0.1) is 10.1 Å². The van der Waals surface area contributed by atoms with Gasteiger partial charge in [-0.3, -0.25) is 25.4 Å². The largest absolute Gasteiger partial charge is 0.416 e. The van der Waals surface area contributed by atoms with Gasteiger partial charge in [0.1, 0.15) is 0 Å². The van der Waals surface area contributed by atoms with E-state index in [2.05, 4.69) is 20.6 Å². The number of nitrogens with zero attached hydrogens (tertiary/aromatic N) is 2. The summed E-state index contributed by atoms with van der Waals surface area (Å²) in [5.41, 5.74) is 4.15. The number of pyridine rings is 1. The molecule has 3 rings (SSSR count). The van der Waals surface area contributed by atoms with Crippen molar-refractivity contribution in [2.45, 2.75) is 19.2 Å². The van der Waals surface area contributed by atoms with Crippen LogP contribution in [0.2, 0.25) is 0 Å². The van der Waals surface area contributed by atoms with E-state index < -0.39 is 34.7 Å². The SMILES string of the molecule is CC(O[N+](=O)[O-])C(=O)NNC(=O)c1ccccc1Nc1ccnc2cc(C(F)(F)F)ccc12. The van der Waals surface area contributed by atoms with Crippen LogP contribution in [0.4, 0.5) is 24.5 Å². The Balaban J connectivity index is 1.81. The van der Waals surface area contributed by atoms with Gasteiger partial charge >= 0.3 is 6.18 Å². The zero-order chi connectivity index (χ0) is 24.2. The molecule has 2 aromatic carbocycles. The number of anilines is 2. The molecule has 0 spiro atoms. The van der Waals surface area contributed by atoms with Gasteiger partial charge in [-0.2, -0.15) is 13.2 Å². The fourth-order valence-corrected chi connectivity index (χ4v) is 2.83. The summed E-state index contributed by atoms with van der Waals surface area (Å²) in [7, 11) is 0. The van der Waals surface area contributed by atoms with Crippen molar-refractivity contribution in [3.8, 4) is 0 Å². The van der Waals surface area contributed by atoms with Gasteiger partial charge in [0.2, 0.25) is 0 Å². The van der Waals surface area contributed by atoms with Crippen molar-refractivity contribution in [2.24, 2.45) is 0 Å². The number of benzene rings is 2. The molecule has 1 unspecified atom stereocenters. The Hall–Kier alpha value is -4.42. The highest BCUT2D eigenvalue weighted by atomic mass is 19.4. The number of hydrogen-bond acceptors (Lipinski definition) is 7. The van der Waals surface area contributed by atoms with Crippen LogP contribution < -0.4 is 16.2 Å². The van der Waals surface area contributed by atoms with Crippen molar-refractivity contribution in [3.05, 3.63) is 76.0 Å². The molecule has 13 heteroatoms. The standard InChI is InChI=1S/C20H16F3N5O5/c1-11(33-28(31)32)18(29)26-27-19(30)14-4-2-3-5-15(14)25-16-8-9-24-17-10-12(20(21,22)23)6-7-13(16)17/h2-11H,1H3,(H,24,25)(H,26,29)(H,27,30). The first-order chi connectivity index (χ1) is 15.6. The summed E-state index contributed by atoms with van der Waals surface area (Å²) in [6.45, 7) is 1.12. The van der Waals surface area contributed by atoms with Crippen molar-refractivity contribution >= 4 is 34.1 Å². The van der Waals surface area contributed by atoms with Gasteiger partial charge in [-0.05, 0) is 37.3 Å². The average molecular weight is 463 g/mol. The van der Waals surface area contributed by atoms with Gasteiger partial charge in [-0.1, -0.05) is 18.2 Å². The number of halogens is 3. The van der Waals surface area contributed by atoms with Gasteiger partial charge in [0.15, 0.2) is 6.10 Å². The molecular formula is C20H16F3N5O5. The number of para-hydroxylation sites is 1. The number of alkyl halides is 3. The fraction of sp³-hybridized carbons (Fsp3) is 0.150. The van der Waals surface area contributed by atoms with Gasteiger partial charge in [0, 0.05) is 17.3 Å². The van der Waals surface area contributed by atoms with E-state index in [1.807, 2.05) is 5.43 Å². The lowest BCUT2D eigenvalue weighted by atomic mass is 10.1. The Kier molecular flexibility index (Phi) is 6.61. The summed E-state index contributed by atoms with van der Waals surface area (Å²) in [6.07, 6.45) is -4.65. The average Bonchev–Trinajstić information content (AvgIpc) is 2.76. The summed E-state index contributed by atoms with van der Waals surface area (Å²) in [5.74, 6) is -1.71. The van der Waals surface area contributed by atoms with Gasteiger partial charge in [0.25, 0.3) is 16.9 Å². The summed E-state index contributed by atoms with van der Waals surface area (Å²) in [5, 5.41) is 12.5. The first kappa shape index (κ1) is 23.2. The molecule has 1 heterocycles. The second-order valence-electron chi connectivity index (χ2n) is 6.67. The van der Waals surface area contributed by atoms with Gasteiger partial charge in [-0.25, -0.2) is 0 Å². The minimum absolute atomic E-state index is 0.0810. The lowest BCUT2D eigenvalue weighted by Crippen LogP contribution is -2.46. The van der Waals surface area contributed by atoms with E-state index >= 15 is 0 Å². The highest BCUT2D eigenvalue weighted by Crippen LogP contribution is 2.33. The predicted octanol–water partition coefficient (Wildman–Crippen LogP) is 3.36. The van der Waals surface area contributed by atoms with E-state index in [0.717, 1.165) is 19.1 Å². The lowest BCUT2D eigenvalue weighted by molar-refractivity contribution is -0.763. The first-order valence-electron chi connectivity index (χ1n) is 9.29. The summed E-state index contributed by atoms with van der Waals surface area (Å²) >= 11 is 0. The van der Waals surface area contributed by atoms with Gasteiger partial charge in [0.05, 0.1) is 22.3 Å². The van der Waals surface area contributed by atoms with E-state index in [9.17, 15) is 32.9 Å². The molecule has 0 aliphatic heterocycles. The van der Waals surface area contributed by atoms with E-state index in [4.69, 9.17) is 0 Å². The number of amides is 2. The maximum Gasteiger partial charge on any atom is 0.416 e. The molecule has 1 atom stereocenters. The Morgan fingerprint density at radius 3 is 2.52 bits per heavy atom. The minimum Gasteiger partial charge on any atom is -0.354 e. The summed E-state index contributed by atoms with van der Waals surface area (Å²) in [6, 6.07) is 10.8. The Bertz CT molecular complexity index is 1220. The molecule has 0 bridgehead atoms. The number of carbonyl (C=O) groups is 2. The van der Waals surface area contributed by atoms with E-state index in [0.29, 0.717) is 11.1 Å². The van der Waals surface area contributed by atoms with E-state index in [1.165, 1.54) is 24.4 Å². The summed E-state index contributed by atoms with van der Waals surface area (Å²) < 4.78 is 39.0. The number of fused-ring (bicyclic) bond motifs is 1. The molecule has 0 saturated carbocycles. The minimum atomic E-state index is -4.52. The molecule has 10 nitrogen and oxygen atoms in total. The lowest BCUT2D eigenvalue weighted by Gasteiger charge is -2.15. The molecule has 33 heavy (non-hydrogen) atoms. The molecule has 172 valence electrons. The van der Waals surface area contributed by atoms with Crippen molar-refractivity contribution in [2.75, 3.05) is 5.32 Å². The number of rotatable bonds is 6. The molecule has 2 amide bonds. The topological polar surface area (TPSA) is 135 Å². The van der Waals surface area contributed by atoms with Crippen molar-refractivity contribution in [3.63, 3.8) is 0 Å². The Labute approximate surface area is 183 Å². The second kappa shape index (κ2) is 9.38. The monoisotopic (exact) mass is 463 g/mol. The molecular weight excluding hydrogens is 447 g/mol. The van der Waals surface area contributed by atoms with Crippen LogP contribution in [-0.2, 0) is 15.8 Å². The quantitative estimate of drug-likeness (QED) is 0.377. The zero-order valence-electron chi connectivity index (χ0n) is 16.8. The van der Waals surface area contributed by atoms with E-state index in [-0.39, 0.29) is 16.8 Å². The van der Waals surface area contributed by atoms with Crippen LogP contribution in [0.15, 0.2) is 54.7 Å². The molecule has 0 fully saturated rings. The van der Waals surface area contributed by atoms with Crippen LogP contribution in [0.5, 0.6) is 0 Å². The van der Waals surface area contributed by atoms with Crippen LogP contribution >= 0.6 is 0 Å². The number of hydrazine groups is 1. The normalized spacial score (nSPS) is 12.0. The number of hydrogen-bond donors (Lipinski definition) is 3. The molecule has 3 aromatic rings. The van der Waals surface area contributed by atoms with Crippen LogP contribution in [0.3, 0.4) is 0 Å². The van der Waals surface area contributed by atoms with Crippen molar-refractivity contribution < 1.29 is 32.7 Å². The number of nitrogens with one attached hydrogen (secondary N) is 3. The van der Waals surface area contributed by atoms with Gasteiger partial charge < -0.3 is 10.2 Å². The Morgan fingerprint density at radius 2 is 1.82 bits per heavy atom. The smallest absolute Gasteiger partial charge is 0.354 e. The number of carbonyl (C=O) groups excluding carboxylic acids is 2. The van der Waals surface area contributed by atoms with Crippen LogP contribution in [-0.4, -0.2) is 28.0 Å². The fourth-order valence-electron chi connectivity index (χ4n) is 2.83. The molecule has 0 saturated heterocycles. The van der Waals surface area contributed by atoms with Crippen LogP contribution in [0.1, 0.15) is 22.8 Å². The molecule has 1 aromatic heterocycles. The summed E-state index contributed by atoms with van der Waals surface area (Å²) in [4.78, 5) is 42.7. The van der Waals surface area contributed by atoms with Crippen molar-refractivity contribution in [1.29, 1.82) is 0 Å². The maximum atomic E-state index is 13.0. The highest BCUT2D eigenvalue weighted by Gasteiger charge is 2.30. The zero-order valence-corrected chi connectivity index (χ0v) is 16.8.